The summed E-state index contributed by atoms with van der Waals surface area (Å²) in [4.78, 5) is 12.7. The summed E-state index contributed by atoms with van der Waals surface area (Å²) in [5.41, 5.74) is 6.63. The van der Waals surface area contributed by atoms with Gasteiger partial charge in [0.1, 0.15) is 16.6 Å². The van der Waals surface area contributed by atoms with E-state index in [1.165, 1.54) is 11.8 Å². The highest BCUT2D eigenvalue weighted by molar-refractivity contribution is 9.10. The molecule has 0 amide bonds. The summed E-state index contributed by atoms with van der Waals surface area (Å²) >= 11 is 4.66. The number of hydrogen-bond donors (Lipinski definition) is 2. The van der Waals surface area contributed by atoms with Crippen LogP contribution in [0.25, 0.3) is 0 Å². The van der Waals surface area contributed by atoms with Gasteiger partial charge in [0, 0.05) is 16.4 Å². The Balaban J connectivity index is 2.28. The minimum Gasteiger partial charge on any atom is -0.382 e. The molecule has 2 aromatic heterocycles. The van der Waals surface area contributed by atoms with Crippen molar-refractivity contribution >= 4 is 33.5 Å². The molecule has 0 saturated carbocycles. The maximum absolute atomic E-state index is 7.39. The summed E-state index contributed by atoms with van der Waals surface area (Å²) in [6, 6.07) is 5.45. The minimum absolute atomic E-state index is 0.0638. The number of rotatable bonds is 3. The van der Waals surface area contributed by atoms with Crippen molar-refractivity contribution in [3.63, 3.8) is 0 Å². The molecule has 0 spiro atoms. The van der Waals surface area contributed by atoms with Crippen LogP contribution in [0.5, 0.6) is 0 Å². The second-order valence-electron chi connectivity index (χ2n) is 3.51. The van der Waals surface area contributed by atoms with Gasteiger partial charge >= 0.3 is 0 Å². The van der Waals surface area contributed by atoms with E-state index in [0.717, 1.165) is 15.2 Å². The Hall–Kier alpha value is -1.47. The predicted octanol–water partition coefficient (Wildman–Crippen LogP) is 2.38. The molecule has 92 valence electrons. The molecule has 0 saturated heterocycles. The van der Waals surface area contributed by atoms with Gasteiger partial charge < -0.3 is 5.73 Å². The third-order valence-corrected chi connectivity index (χ3v) is 3.29. The Morgan fingerprint density at radius 2 is 2.17 bits per heavy atom. The van der Waals surface area contributed by atoms with Gasteiger partial charge in [-0.05, 0) is 52.8 Å². The summed E-state index contributed by atoms with van der Waals surface area (Å²) in [5.74, 6) is -0.0638. The SMILES string of the molecule is Cc1cc(C(=N)N)nc(Sc2ccc(Br)cn2)n1. The molecule has 0 aliphatic rings. The third kappa shape index (κ3) is 3.27. The number of aromatic nitrogens is 3. The molecule has 2 rings (SSSR count). The Kier molecular flexibility index (Phi) is 3.93. The number of nitrogen functional groups attached to an aromatic ring is 1. The van der Waals surface area contributed by atoms with E-state index in [0.29, 0.717) is 10.9 Å². The lowest BCUT2D eigenvalue weighted by molar-refractivity contribution is 0.917. The Morgan fingerprint density at radius 3 is 2.78 bits per heavy atom. The number of nitrogens with two attached hydrogens (primary N) is 1. The molecule has 2 aromatic rings. The van der Waals surface area contributed by atoms with E-state index in [9.17, 15) is 0 Å². The minimum atomic E-state index is -0.0638. The predicted molar refractivity (Wildman–Crippen MR) is 73.8 cm³/mol. The molecule has 0 radical (unpaired) electrons. The third-order valence-electron chi connectivity index (χ3n) is 2.01. The fourth-order valence-corrected chi connectivity index (χ4v) is 2.24. The molecule has 0 aliphatic carbocycles. The number of nitrogens with zero attached hydrogens (tertiary/aromatic N) is 3. The van der Waals surface area contributed by atoms with Crippen LogP contribution in [0.15, 0.2) is 39.1 Å². The molecule has 0 unspecified atom stereocenters. The van der Waals surface area contributed by atoms with Crippen molar-refractivity contribution in [2.45, 2.75) is 17.1 Å². The van der Waals surface area contributed by atoms with Gasteiger partial charge in [0.25, 0.3) is 0 Å². The molecular weight excluding hydrogens is 314 g/mol. The maximum Gasteiger partial charge on any atom is 0.194 e. The van der Waals surface area contributed by atoms with Gasteiger partial charge in [-0.25, -0.2) is 15.0 Å². The smallest absolute Gasteiger partial charge is 0.194 e. The molecule has 0 aromatic carbocycles. The van der Waals surface area contributed by atoms with Gasteiger partial charge in [0.05, 0.1) is 0 Å². The van der Waals surface area contributed by atoms with E-state index in [-0.39, 0.29) is 5.84 Å². The number of halogens is 1. The van der Waals surface area contributed by atoms with Crippen LogP contribution in [0.3, 0.4) is 0 Å². The second kappa shape index (κ2) is 5.45. The van der Waals surface area contributed by atoms with Crippen molar-refractivity contribution in [2.75, 3.05) is 0 Å². The van der Waals surface area contributed by atoms with Crippen LogP contribution in [0.4, 0.5) is 0 Å². The molecule has 0 atom stereocenters. The number of hydrogen-bond acceptors (Lipinski definition) is 5. The van der Waals surface area contributed by atoms with Gasteiger partial charge in [-0.1, -0.05) is 0 Å². The van der Waals surface area contributed by atoms with Crippen molar-refractivity contribution in [3.05, 3.63) is 40.3 Å². The molecule has 2 heterocycles. The lowest BCUT2D eigenvalue weighted by Gasteiger charge is -2.04. The normalized spacial score (nSPS) is 10.3. The summed E-state index contributed by atoms with van der Waals surface area (Å²) in [5, 5.41) is 8.72. The Bertz CT molecular complexity index is 584. The van der Waals surface area contributed by atoms with Crippen LogP contribution >= 0.6 is 27.7 Å². The van der Waals surface area contributed by atoms with E-state index in [4.69, 9.17) is 11.1 Å². The van der Waals surface area contributed by atoms with Crippen molar-refractivity contribution in [1.29, 1.82) is 5.41 Å². The number of aryl methyl sites for hydroxylation is 1. The monoisotopic (exact) mass is 323 g/mol. The highest BCUT2D eigenvalue weighted by Gasteiger charge is 2.07. The van der Waals surface area contributed by atoms with Crippen LogP contribution < -0.4 is 5.73 Å². The molecule has 0 bridgehead atoms. The van der Waals surface area contributed by atoms with E-state index in [1.54, 1.807) is 12.3 Å². The van der Waals surface area contributed by atoms with Crippen LogP contribution in [0.1, 0.15) is 11.4 Å². The first-order valence-corrected chi connectivity index (χ1v) is 6.65. The van der Waals surface area contributed by atoms with Crippen molar-refractivity contribution < 1.29 is 0 Å². The lowest BCUT2D eigenvalue weighted by atomic mass is 10.3. The molecule has 18 heavy (non-hydrogen) atoms. The van der Waals surface area contributed by atoms with E-state index in [2.05, 4.69) is 30.9 Å². The molecule has 7 heteroatoms. The average Bonchev–Trinajstić information content (AvgIpc) is 2.31. The fourth-order valence-electron chi connectivity index (χ4n) is 1.24. The molecule has 0 aliphatic heterocycles. The van der Waals surface area contributed by atoms with Crippen LogP contribution in [-0.4, -0.2) is 20.8 Å². The van der Waals surface area contributed by atoms with Crippen molar-refractivity contribution in [3.8, 4) is 0 Å². The van der Waals surface area contributed by atoms with Gasteiger partial charge in [-0.3, -0.25) is 5.41 Å². The van der Waals surface area contributed by atoms with Crippen LogP contribution in [0.2, 0.25) is 0 Å². The first-order valence-electron chi connectivity index (χ1n) is 5.04. The zero-order valence-electron chi connectivity index (χ0n) is 9.51. The highest BCUT2D eigenvalue weighted by atomic mass is 79.9. The highest BCUT2D eigenvalue weighted by Crippen LogP contribution is 2.23. The van der Waals surface area contributed by atoms with Crippen molar-refractivity contribution in [2.24, 2.45) is 5.73 Å². The van der Waals surface area contributed by atoms with Crippen LogP contribution in [-0.2, 0) is 0 Å². The number of amidine groups is 1. The van der Waals surface area contributed by atoms with Crippen LogP contribution in [0, 0.1) is 12.3 Å². The van der Waals surface area contributed by atoms with E-state index >= 15 is 0 Å². The van der Waals surface area contributed by atoms with Gasteiger partial charge in [0.2, 0.25) is 0 Å². The second-order valence-corrected chi connectivity index (χ2v) is 5.41. The Labute approximate surface area is 117 Å². The molecule has 0 fully saturated rings. The maximum atomic E-state index is 7.39. The van der Waals surface area contributed by atoms with E-state index in [1.807, 2.05) is 19.1 Å². The first-order chi connectivity index (χ1) is 8.54. The molecule has 3 N–H and O–H groups in total. The summed E-state index contributed by atoms with van der Waals surface area (Å²) in [7, 11) is 0. The largest absolute Gasteiger partial charge is 0.382 e. The van der Waals surface area contributed by atoms with Gasteiger partial charge in [0.15, 0.2) is 5.16 Å². The fraction of sp³-hybridized carbons (Fsp3) is 0.0909. The van der Waals surface area contributed by atoms with Gasteiger partial charge in [-0.2, -0.15) is 0 Å². The number of pyridine rings is 1. The lowest BCUT2D eigenvalue weighted by Crippen LogP contribution is -2.14. The summed E-state index contributed by atoms with van der Waals surface area (Å²) in [6.45, 7) is 1.84. The average molecular weight is 324 g/mol. The first kappa shape index (κ1) is 13.0. The van der Waals surface area contributed by atoms with Crippen molar-refractivity contribution in [1.82, 2.24) is 15.0 Å². The topological polar surface area (TPSA) is 88.5 Å². The molecule has 5 nitrogen and oxygen atoms in total. The van der Waals surface area contributed by atoms with E-state index < -0.39 is 0 Å². The molecular formula is C11H10BrN5S. The summed E-state index contributed by atoms with van der Waals surface area (Å²) in [6.07, 6.45) is 1.71. The standard InChI is InChI=1S/C11H10BrN5S/c1-6-4-8(10(13)14)17-11(16-6)18-9-3-2-7(12)5-15-9/h2-5H,1H3,(H3,13,14). The number of nitrogens with one attached hydrogen (secondary N) is 1. The Morgan fingerprint density at radius 1 is 1.39 bits per heavy atom. The summed E-state index contributed by atoms with van der Waals surface area (Å²) < 4.78 is 0.918. The zero-order chi connectivity index (χ0) is 13.1. The quantitative estimate of drug-likeness (QED) is 0.514. The van der Waals surface area contributed by atoms with Gasteiger partial charge in [-0.15, -0.1) is 0 Å². The zero-order valence-corrected chi connectivity index (χ0v) is 11.9.